The van der Waals surface area contributed by atoms with Crippen molar-refractivity contribution >= 4 is 33.3 Å². The first-order valence-corrected chi connectivity index (χ1v) is 10.4. The van der Waals surface area contributed by atoms with Crippen molar-refractivity contribution in [2.45, 2.75) is 32.7 Å². The molecular formula is C21H24N4O2S. The minimum absolute atomic E-state index is 0.179. The number of rotatable bonds is 5. The number of hydrogen-bond acceptors (Lipinski definition) is 6. The summed E-state index contributed by atoms with van der Waals surface area (Å²) in [6, 6.07) is 7.53. The van der Waals surface area contributed by atoms with Crippen molar-refractivity contribution in [3.05, 3.63) is 46.6 Å². The van der Waals surface area contributed by atoms with Gasteiger partial charge in [0.1, 0.15) is 5.75 Å². The third-order valence-corrected chi connectivity index (χ3v) is 5.87. The summed E-state index contributed by atoms with van der Waals surface area (Å²) < 4.78 is 5.25. The SMILES string of the molecule is COc1ccc2cc(C(=O)Nc3nc(CN4CCCCC4)cs3)c(C)nc2c1. The lowest BCUT2D eigenvalue weighted by atomic mass is 10.1. The number of anilines is 1. The van der Waals surface area contributed by atoms with Gasteiger partial charge in [-0.05, 0) is 51.1 Å². The lowest BCUT2D eigenvalue weighted by molar-refractivity contribution is 0.102. The molecule has 0 unspecified atom stereocenters. The van der Waals surface area contributed by atoms with E-state index in [0.29, 0.717) is 16.4 Å². The van der Waals surface area contributed by atoms with Crippen molar-refractivity contribution in [1.29, 1.82) is 0 Å². The van der Waals surface area contributed by atoms with E-state index in [1.165, 1.54) is 30.6 Å². The molecule has 1 N–H and O–H groups in total. The van der Waals surface area contributed by atoms with Gasteiger partial charge in [0.05, 0.1) is 29.6 Å². The van der Waals surface area contributed by atoms with Crippen molar-refractivity contribution in [3.63, 3.8) is 0 Å². The number of amides is 1. The Labute approximate surface area is 168 Å². The summed E-state index contributed by atoms with van der Waals surface area (Å²) in [5.74, 6) is 0.571. The molecule has 0 radical (unpaired) electrons. The van der Waals surface area contributed by atoms with Gasteiger partial charge in [0, 0.05) is 23.4 Å². The molecular weight excluding hydrogens is 372 g/mol. The summed E-state index contributed by atoms with van der Waals surface area (Å²) in [6.07, 6.45) is 3.84. The molecule has 146 valence electrons. The maximum atomic E-state index is 12.8. The second kappa shape index (κ2) is 8.24. The highest BCUT2D eigenvalue weighted by Crippen LogP contribution is 2.23. The van der Waals surface area contributed by atoms with Gasteiger partial charge in [-0.2, -0.15) is 0 Å². The Morgan fingerprint density at radius 3 is 2.82 bits per heavy atom. The highest BCUT2D eigenvalue weighted by Gasteiger charge is 2.16. The molecule has 2 aromatic heterocycles. The summed E-state index contributed by atoms with van der Waals surface area (Å²) in [5.41, 5.74) is 3.07. The molecule has 0 saturated carbocycles. The van der Waals surface area contributed by atoms with Crippen LogP contribution in [0.5, 0.6) is 5.75 Å². The van der Waals surface area contributed by atoms with Crippen LogP contribution in [0.1, 0.15) is 41.0 Å². The Bertz CT molecular complexity index is 995. The van der Waals surface area contributed by atoms with Crippen LogP contribution in [0.3, 0.4) is 0 Å². The number of piperidine rings is 1. The number of methoxy groups -OCH3 is 1. The van der Waals surface area contributed by atoms with E-state index in [9.17, 15) is 4.79 Å². The fraction of sp³-hybridized carbons (Fsp3) is 0.381. The molecule has 0 atom stereocenters. The number of benzene rings is 1. The van der Waals surface area contributed by atoms with Crippen LogP contribution in [0.4, 0.5) is 5.13 Å². The quantitative estimate of drug-likeness (QED) is 0.698. The molecule has 3 aromatic rings. The van der Waals surface area contributed by atoms with Gasteiger partial charge in [-0.1, -0.05) is 6.42 Å². The maximum Gasteiger partial charge on any atom is 0.259 e. The molecule has 7 heteroatoms. The average Bonchev–Trinajstić information content (AvgIpc) is 3.14. The highest BCUT2D eigenvalue weighted by atomic mass is 32.1. The first-order chi connectivity index (χ1) is 13.6. The van der Waals surface area contributed by atoms with Gasteiger partial charge in [0.15, 0.2) is 5.13 Å². The van der Waals surface area contributed by atoms with Gasteiger partial charge in [0.25, 0.3) is 5.91 Å². The van der Waals surface area contributed by atoms with Gasteiger partial charge in [-0.3, -0.25) is 20.0 Å². The van der Waals surface area contributed by atoms with Crippen molar-refractivity contribution in [2.75, 3.05) is 25.5 Å². The fourth-order valence-corrected chi connectivity index (χ4v) is 4.24. The molecule has 1 amide bonds. The summed E-state index contributed by atoms with van der Waals surface area (Å²) in [6.45, 7) is 4.96. The lowest BCUT2D eigenvalue weighted by Crippen LogP contribution is -2.29. The van der Waals surface area contributed by atoms with E-state index in [2.05, 4.69) is 20.2 Å². The first kappa shape index (κ1) is 18.8. The van der Waals surface area contributed by atoms with Crippen LogP contribution in [0.25, 0.3) is 10.9 Å². The molecule has 0 bridgehead atoms. The van der Waals surface area contributed by atoms with Gasteiger partial charge in [-0.15, -0.1) is 11.3 Å². The predicted molar refractivity (Wildman–Crippen MR) is 112 cm³/mol. The first-order valence-electron chi connectivity index (χ1n) is 9.56. The van der Waals surface area contributed by atoms with E-state index >= 15 is 0 Å². The zero-order chi connectivity index (χ0) is 19.5. The standard InChI is InChI=1S/C21H24N4O2S/c1-14-18(10-15-6-7-17(27-2)11-19(15)22-14)20(26)24-21-23-16(13-28-21)12-25-8-4-3-5-9-25/h6-7,10-11,13H,3-5,8-9,12H2,1-2H3,(H,23,24,26). The van der Waals surface area contributed by atoms with E-state index in [-0.39, 0.29) is 5.91 Å². The Morgan fingerprint density at radius 2 is 2.04 bits per heavy atom. The second-order valence-corrected chi connectivity index (χ2v) is 7.97. The zero-order valence-electron chi connectivity index (χ0n) is 16.2. The smallest absolute Gasteiger partial charge is 0.259 e. The predicted octanol–water partition coefficient (Wildman–Crippen LogP) is 4.25. The number of fused-ring (bicyclic) bond motifs is 1. The molecule has 6 nitrogen and oxygen atoms in total. The third-order valence-electron chi connectivity index (χ3n) is 5.07. The number of nitrogens with one attached hydrogen (secondary N) is 1. The number of ether oxygens (including phenoxy) is 1. The Kier molecular flexibility index (Phi) is 5.54. The monoisotopic (exact) mass is 396 g/mol. The number of carbonyl (C=O) groups excluding carboxylic acids is 1. The number of nitrogens with zero attached hydrogens (tertiary/aromatic N) is 3. The molecule has 1 aliphatic rings. The number of hydrogen-bond donors (Lipinski definition) is 1. The van der Waals surface area contributed by atoms with Crippen LogP contribution >= 0.6 is 11.3 Å². The van der Waals surface area contributed by atoms with Crippen LogP contribution in [0.2, 0.25) is 0 Å². The van der Waals surface area contributed by atoms with Crippen LogP contribution in [-0.4, -0.2) is 41.0 Å². The summed E-state index contributed by atoms with van der Waals surface area (Å²) in [4.78, 5) is 24.4. The minimum Gasteiger partial charge on any atom is -0.497 e. The van der Waals surface area contributed by atoms with Crippen LogP contribution < -0.4 is 10.1 Å². The number of thiazole rings is 1. The molecule has 0 spiro atoms. The fourth-order valence-electron chi connectivity index (χ4n) is 3.55. The van der Waals surface area contributed by atoms with Crippen LogP contribution in [-0.2, 0) is 6.54 Å². The van der Waals surface area contributed by atoms with Gasteiger partial charge < -0.3 is 4.74 Å². The van der Waals surface area contributed by atoms with E-state index in [4.69, 9.17) is 4.74 Å². The van der Waals surface area contributed by atoms with Crippen molar-refractivity contribution in [1.82, 2.24) is 14.9 Å². The number of carbonyl (C=O) groups is 1. The number of aromatic nitrogens is 2. The highest BCUT2D eigenvalue weighted by molar-refractivity contribution is 7.14. The number of likely N-dealkylation sites (tertiary alicyclic amines) is 1. The lowest BCUT2D eigenvalue weighted by Gasteiger charge is -2.25. The summed E-state index contributed by atoms with van der Waals surface area (Å²) in [7, 11) is 1.63. The molecule has 1 saturated heterocycles. The largest absolute Gasteiger partial charge is 0.497 e. The molecule has 1 aliphatic heterocycles. The van der Waals surface area contributed by atoms with E-state index in [0.717, 1.165) is 42.0 Å². The minimum atomic E-state index is -0.179. The normalized spacial score (nSPS) is 14.9. The molecule has 0 aliphatic carbocycles. The topological polar surface area (TPSA) is 67.3 Å². The molecule has 1 fully saturated rings. The average molecular weight is 397 g/mol. The number of pyridine rings is 1. The molecule has 3 heterocycles. The summed E-state index contributed by atoms with van der Waals surface area (Å²) >= 11 is 1.47. The summed E-state index contributed by atoms with van der Waals surface area (Å²) in [5, 5.41) is 6.49. The Morgan fingerprint density at radius 1 is 1.21 bits per heavy atom. The molecule has 1 aromatic carbocycles. The van der Waals surface area contributed by atoms with E-state index < -0.39 is 0 Å². The van der Waals surface area contributed by atoms with Gasteiger partial charge >= 0.3 is 0 Å². The van der Waals surface area contributed by atoms with Gasteiger partial charge in [0.2, 0.25) is 0 Å². The van der Waals surface area contributed by atoms with Crippen LogP contribution in [0.15, 0.2) is 29.6 Å². The van der Waals surface area contributed by atoms with Crippen molar-refractivity contribution < 1.29 is 9.53 Å². The van der Waals surface area contributed by atoms with Gasteiger partial charge in [-0.25, -0.2) is 4.98 Å². The molecule has 4 rings (SSSR count). The Hall–Kier alpha value is -2.51. The van der Waals surface area contributed by atoms with Crippen molar-refractivity contribution in [3.8, 4) is 5.75 Å². The van der Waals surface area contributed by atoms with Crippen molar-refractivity contribution in [2.24, 2.45) is 0 Å². The third kappa shape index (κ3) is 4.15. The van der Waals surface area contributed by atoms with E-state index in [1.807, 2.05) is 36.6 Å². The molecule has 28 heavy (non-hydrogen) atoms. The maximum absolute atomic E-state index is 12.8. The second-order valence-electron chi connectivity index (χ2n) is 7.11. The van der Waals surface area contributed by atoms with Crippen LogP contribution in [0, 0.1) is 6.92 Å². The Balaban J connectivity index is 1.48. The van der Waals surface area contributed by atoms with E-state index in [1.54, 1.807) is 7.11 Å². The number of aryl methyl sites for hydroxylation is 1. The zero-order valence-corrected chi connectivity index (χ0v) is 17.0.